The summed E-state index contributed by atoms with van der Waals surface area (Å²) < 4.78 is 13.8. The van der Waals surface area contributed by atoms with E-state index in [1.807, 2.05) is 11.0 Å². The highest BCUT2D eigenvalue weighted by Crippen LogP contribution is 2.55. The lowest BCUT2D eigenvalue weighted by Crippen LogP contribution is -2.59. The third-order valence-corrected chi connectivity index (χ3v) is 6.87. The number of hydrogen-bond acceptors (Lipinski definition) is 4. The van der Waals surface area contributed by atoms with Crippen LogP contribution in [0, 0.1) is 18.2 Å². The largest absolute Gasteiger partial charge is 0.504 e. The summed E-state index contributed by atoms with van der Waals surface area (Å²) in [6.07, 6.45) is 4.67. The molecule has 1 saturated heterocycles. The van der Waals surface area contributed by atoms with Gasteiger partial charge in [-0.3, -0.25) is 4.79 Å². The van der Waals surface area contributed by atoms with Crippen molar-refractivity contribution in [2.24, 2.45) is 5.41 Å². The van der Waals surface area contributed by atoms with Gasteiger partial charge in [-0.15, -0.1) is 10.2 Å². The van der Waals surface area contributed by atoms with Crippen LogP contribution in [0.4, 0.5) is 4.39 Å². The number of H-pyrrole nitrogens is 1. The van der Waals surface area contributed by atoms with Gasteiger partial charge in [0.25, 0.3) is 0 Å². The minimum absolute atomic E-state index is 0.00921. The van der Waals surface area contributed by atoms with Crippen LogP contribution in [0.15, 0.2) is 36.9 Å². The number of halogens is 1. The van der Waals surface area contributed by atoms with E-state index < -0.39 is 11.6 Å². The summed E-state index contributed by atoms with van der Waals surface area (Å²) in [5.41, 5.74) is 3.77. The molecule has 154 valence electrons. The summed E-state index contributed by atoms with van der Waals surface area (Å²) >= 11 is 0. The van der Waals surface area contributed by atoms with Gasteiger partial charge in [0, 0.05) is 41.1 Å². The molecule has 2 N–H and O–H groups in total. The maximum Gasteiger partial charge on any atom is 0.245 e. The van der Waals surface area contributed by atoms with Crippen LogP contribution in [0.3, 0.4) is 0 Å². The van der Waals surface area contributed by atoms with Crippen LogP contribution in [0.2, 0.25) is 0 Å². The van der Waals surface area contributed by atoms with Crippen LogP contribution in [-0.4, -0.2) is 44.2 Å². The zero-order chi connectivity index (χ0) is 21.0. The molecule has 0 unspecified atom stereocenters. The Labute approximate surface area is 173 Å². The molecule has 1 amide bonds. The average Bonchev–Trinajstić information content (AvgIpc) is 3.29. The van der Waals surface area contributed by atoms with Crippen molar-refractivity contribution in [1.29, 1.82) is 0 Å². The van der Waals surface area contributed by atoms with Gasteiger partial charge in [0.15, 0.2) is 17.2 Å². The van der Waals surface area contributed by atoms with Gasteiger partial charge >= 0.3 is 0 Å². The maximum absolute atomic E-state index is 13.8. The van der Waals surface area contributed by atoms with Crippen molar-refractivity contribution in [3.05, 3.63) is 54.0 Å². The highest BCUT2D eigenvalue weighted by atomic mass is 19.1. The average molecular weight is 406 g/mol. The number of aromatic amines is 1. The molecule has 1 aliphatic heterocycles. The number of para-hydroxylation sites is 1. The molecule has 0 radical (unpaired) electrons. The van der Waals surface area contributed by atoms with Gasteiger partial charge in [0.1, 0.15) is 0 Å². The standard InChI is InChI=1S/C23H23FN4O2/c1-3-19(29)28-11-23(12-28)9-5-7-16(23)20-13(2)15-10-18(26-27-22(15)25-20)14-6-4-8-17(24)21(14)30/h3-4,6,8,10,16,30H,1,5,7,9,11-12H2,2H3,(H,25,27)/t16-/m0/s1. The van der Waals surface area contributed by atoms with E-state index in [0.717, 1.165) is 49.0 Å². The number of amides is 1. The number of aryl methyl sites for hydroxylation is 1. The van der Waals surface area contributed by atoms with Gasteiger partial charge in [-0.2, -0.15) is 0 Å². The molecule has 2 aromatic heterocycles. The molecule has 1 aliphatic carbocycles. The van der Waals surface area contributed by atoms with Crippen LogP contribution in [0.1, 0.15) is 36.4 Å². The zero-order valence-corrected chi connectivity index (χ0v) is 16.8. The van der Waals surface area contributed by atoms with Gasteiger partial charge < -0.3 is 15.0 Å². The fourth-order valence-electron chi connectivity index (χ4n) is 5.30. The van der Waals surface area contributed by atoms with E-state index in [1.165, 1.54) is 12.1 Å². The predicted molar refractivity (Wildman–Crippen MR) is 111 cm³/mol. The summed E-state index contributed by atoms with van der Waals surface area (Å²) in [4.78, 5) is 17.3. The van der Waals surface area contributed by atoms with Crippen LogP contribution in [-0.2, 0) is 4.79 Å². The Morgan fingerprint density at radius 3 is 2.97 bits per heavy atom. The third kappa shape index (κ3) is 2.65. The van der Waals surface area contributed by atoms with E-state index in [4.69, 9.17) is 0 Å². The fraction of sp³-hybridized carbons (Fsp3) is 0.348. The minimum Gasteiger partial charge on any atom is -0.504 e. The highest BCUT2D eigenvalue weighted by Gasteiger charge is 2.53. The molecule has 30 heavy (non-hydrogen) atoms. The van der Waals surface area contributed by atoms with Gasteiger partial charge in [-0.25, -0.2) is 4.39 Å². The molecule has 3 aromatic rings. The number of carbonyl (C=O) groups is 1. The topological polar surface area (TPSA) is 82.1 Å². The Bertz CT molecular complexity index is 1180. The molecule has 1 spiro atoms. The molecule has 3 heterocycles. The molecule has 5 rings (SSSR count). The van der Waals surface area contributed by atoms with E-state index in [1.54, 1.807) is 12.1 Å². The first kappa shape index (κ1) is 18.8. The first-order valence-corrected chi connectivity index (χ1v) is 10.2. The first-order valence-electron chi connectivity index (χ1n) is 10.2. The molecular weight excluding hydrogens is 383 g/mol. The minimum atomic E-state index is -0.683. The molecule has 0 bridgehead atoms. The lowest BCUT2D eigenvalue weighted by molar-refractivity contribution is -0.138. The first-order chi connectivity index (χ1) is 14.4. The van der Waals surface area contributed by atoms with Crippen LogP contribution < -0.4 is 0 Å². The van der Waals surface area contributed by atoms with Gasteiger partial charge in [-0.05, 0) is 49.6 Å². The number of nitrogens with one attached hydrogen (secondary N) is 1. The number of fused-ring (bicyclic) bond motifs is 1. The van der Waals surface area contributed by atoms with E-state index in [9.17, 15) is 14.3 Å². The Balaban J connectivity index is 1.52. The van der Waals surface area contributed by atoms with Crippen LogP contribution in [0.25, 0.3) is 22.3 Å². The molecule has 6 nitrogen and oxygen atoms in total. The smallest absolute Gasteiger partial charge is 0.245 e. The zero-order valence-electron chi connectivity index (χ0n) is 16.8. The predicted octanol–water partition coefficient (Wildman–Crippen LogP) is 4.06. The lowest BCUT2D eigenvalue weighted by Gasteiger charge is -2.51. The van der Waals surface area contributed by atoms with Crippen molar-refractivity contribution in [2.75, 3.05) is 13.1 Å². The number of benzene rings is 1. The SMILES string of the molecule is C=CC(=O)N1CC2(CCC[C@H]2c2[nH]c3nnc(-c4cccc(F)c4O)cc3c2C)C1. The van der Waals surface area contributed by atoms with Crippen molar-refractivity contribution in [1.82, 2.24) is 20.1 Å². The lowest BCUT2D eigenvalue weighted by atomic mass is 9.69. The molecule has 1 atom stereocenters. The molecular formula is C23H23FN4O2. The van der Waals surface area contributed by atoms with Crippen molar-refractivity contribution in [2.45, 2.75) is 32.1 Å². The number of nitrogens with zero attached hydrogens (tertiary/aromatic N) is 3. The Morgan fingerprint density at radius 2 is 2.20 bits per heavy atom. The monoisotopic (exact) mass is 406 g/mol. The number of likely N-dealkylation sites (tertiary alicyclic amines) is 1. The van der Waals surface area contributed by atoms with Crippen molar-refractivity contribution >= 4 is 16.9 Å². The number of aromatic nitrogens is 3. The fourth-order valence-corrected chi connectivity index (χ4v) is 5.30. The summed E-state index contributed by atoms with van der Waals surface area (Å²) in [5, 5.41) is 19.5. The summed E-state index contributed by atoms with van der Waals surface area (Å²) in [5.74, 6) is -0.787. The summed E-state index contributed by atoms with van der Waals surface area (Å²) in [7, 11) is 0. The molecule has 2 aliphatic rings. The number of carbonyl (C=O) groups excluding carboxylic acids is 1. The number of phenolic OH excluding ortho intramolecular Hbond substituents is 1. The number of rotatable bonds is 3. The Morgan fingerprint density at radius 1 is 1.40 bits per heavy atom. The van der Waals surface area contributed by atoms with Crippen molar-refractivity contribution in [3.8, 4) is 17.0 Å². The number of phenols is 1. The second-order valence-electron chi connectivity index (χ2n) is 8.50. The highest BCUT2D eigenvalue weighted by molar-refractivity contribution is 5.88. The molecule has 7 heteroatoms. The number of hydrogen-bond donors (Lipinski definition) is 2. The molecule has 1 saturated carbocycles. The van der Waals surface area contributed by atoms with Gasteiger partial charge in [-0.1, -0.05) is 19.1 Å². The van der Waals surface area contributed by atoms with E-state index >= 15 is 0 Å². The Kier molecular flexibility index (Phi) is 4.17. The molecule has 1 aromatic carbocycles. The van der Waals surface area contributed by atoms with Crippen molar-refractivity contribution < 1.29 is 14.3 Å². The second kappa shape index (κ2) is 6.65. The van der Waals surface area contributed by atoms with Gasteiger partial charge in [0.05, 0.1) is 5.69 Å². The van der Waals surface area contributed by atoms with Crippen LogP contribution >= 0.6 is 0 Å². The van der Waals surface area contributed by atoms with E-state index in [0.29, 0.717) is 22.8 Å². The third-order valence-electron chi connectivity index (χ3n) is 6.87. The van der Waals surface area contributed by atoms with Crippen LogP contribution in [0.5, 0.6) is 5.75 Å². The summed E-state index contributed by atoms with van der Waals surface area (Å²) in [6.45, 7) is 7.16. The normalized spacial score (nSPS) is 19.9. The Hall–Kier alpha value is -3.22. The van der Waals surface area contributed by atoms with Crippen molar-refractivity contribution in [3.63, 3.8) is 0 Å². The van der Waals surface area contributed by atoms with E-state index in [-0.39, 0.29) is 11.3 Å². The second-order valence-corrected chi connectivity index (χ2v) is 8.50. The summed E-state index contributed by atoms with van der Waals surface area (Å²) in [6, 6.07) is 6.23. The number of aromatic hydroxyl groups is 1. The molecule has 2 fully saturated rings. The maximum atomic E-state index is 13.8. The van der Waals surface area contributed by atoms with Gasteiger partial charge in [0.2, 0.25) is 5.91 Å². The quantitative estimate of drug-likeness (QED) is 0.643. The van der Waals surface area contributed by atoms with E-state index in [2.05, 4.69) is 28.7 Å².